The molecule has 1 N–H and O–H groups in total. The van der Waals surface area contributed by atoms with Crippen LogP contribution in [0.5, 0.6) is 11.5 Å². The van der Waals surface area contributed by atoms with Crippen molar-refractivity contribution in [1.29, 1.82) is 0 Å². The Bertz CT molecular complexity index is 1380. The number of hydrogen-bond acceptors (Lipinski definition) is 7. The van der Waals surface area contributed by atoms with Gasteiger partial charge in [0.05, 0.1) is 5.52 Å². The molecule has 10 heteroatoms. The highest BCUT2D eigenvalue weighted by atomic mass is 32.1. The number of carbonyl (C=O) groups is 1. The Kier molecular flexibility index (Phi) is 5.08. The van der Waals surface area contributed by atoms with Crippen LogP contribution in [0, 0.1) is 0 Å². The van der Waals surface area contributed by atoms with E-state index >= 15 is 0 Å². The van der Waals surface area contributed by atoms with Gasteiger partial charge in [0.2, 0.25) is 12.7 Å². The number of thiophene rings is 2. The second-order valence-electron chi connectivity index (χ2n) is 6.91. The van der Waals surface area contributed by atoms with E-state index in [-0.39, 0.29) is 31.3 Å². The van der Waals surface area contributed by atoms with Gasteiger partial charge in [-0.1, -0.05) is 6.07 Å². The normalized spacial score (nSPS) is 12.4. The van der Waals surface area contributed by atoms with Crippen molar-refractivity contribution in [3.05, 3.63) is 72.9 Å². The number of nitrogens with one attached hydrogen (secondary N) is 1. The molecule has 0 bridgehead atoms. The van der Waals surface area contributed by atoms with Crippen LogP contribution in [-0.2, 0) is 24.3 Å². The molecule has 5 rings (SSSR count). The second-order valence-corrected chi connectivity index (χ2v) is 8.85. The lowest BCUT2D eigenvalue weighted by Gasteiger charge is -2.12. The maximum atomic E-state index is 13.1. The summed E-state index contributed by atoms with van der Waals surface area (Å²) < 4.78 is 13.6. The topological polar surface area (TPSA) is 91.6 Å². The van der Waals surface area contributed by atoms with Crippen LogP contribution < -0.4 is 26.0 Å². The Hall–Kier alpha value is -3.37. The van der Waals surface area contributed by atoms with Gasteiger partial charge >= 0.3 is 5.69 Å². The predicted molar refractivity (Wildman–Crippen MR) is 120 cm³/mol. The largest absolute Gasteiger partial charge is 0.454 e. The molecule has 1 aliphatic rings. The molecule has 8 nitrogen and oxygen atoms in total. The highest BCUT2D eigenvalue weighted by molar-refractivity contribution is 7.17. The second kappa shape index (κ2) is 8.05. The molecular formula is C21H17N3O5S2. The zero-order valence-electron chi connectivity index (χ0n) is 16.2. The summed E-state index contributed by atoms with van der Waals surface area (Å²) in [5.41, 5.74) is 0.190. The molecule has 0 saturated heterocycles. The average Bonchev–Trinajstić information content (AvgIpc) is 3.52. The molecule has 0 radical (unpaired) electrons. The molecule has 0 atom stereocenters. The van der Waals surface area contributed by atoms with E-state index in [1.807, 2.05) is 17.5 Å². The summed E-state index contributed by atoms with van der Waals surface area (Å²) in [5, 5.41) is 6.49. The summed E-state index contributed by atoms with van der Waals surface area (Å²) in [6.45, 7) is 0.195. The smallest absolute Gasteiger partial charge is 0.332 e. The molecule has 0 spiro atoms. The monoisotopic (exact) mass is 455 g/mol. The van der Waals surface area contributed by atoms with Crippen molar-refractivity contribution in [3.8, 4) is 11.5 Å². The standard InChI is InChI=1S/C21H17N3O5S2/c25-18(22-13-3-4-16-17(10-13)29-12-28-16)11-24-15-6-9-31-19(15)20(26)23(21(24)27)7-5-14-2-1-8-30-14/h1-4,6,8-10H,5,7,11-12H2,(H,22,25). The number of ether oxygens (including phenoxy) is 2. The van der Waals surface area contributed by atoms with Gasteiger partial charge in [0.25, 0.3) is 5.56 Å². The summed E-state index contributed by atoms with van der Waals surface area (Å²) in [6, 6.07) is 10.7. The zero-order valence-corrected chi connectivity index (χ0v) is 17.8. The minimum absolute atomic E-state index is 0.144. The van der Waals surface area contributed by atoms with Crippen molar-refractivity contribution in [3.63, 3.8) is 0 Å². The third kappa shape index (κ3) is 3.75. The van der Waals surface area contributed by atoms with E-state index in [1.54, 1.807) is 41.0 Å². The van der Waals surface area contributed by atoms with Gasteiger partial charge in [0, 0.05) is 23.2 Å². The minimum atomic E-state index is -0.492. The van der Waals surface area contributed by atoms with E-state index in [9.17, 15) is 14.4 Å². The number of benzene rings is 1. The predicted octanol–water partition coefficient (Wildman–Crippen LogP) is 2.90. The summed E-state index contributed by atoms with van der Waals surface area (Å²) >= 11 is 2.85. The molecule has 158 valence electrons. The van der Waals surface area contributed by atoms with Crippen LogP contribution in [0.15, 0.2) is 56.7 Å². The lowest BCUT2D eigenvalue weighted by Crippen LogP contribution is -2.41. The van der Waals surface area contributed by atoms with Gasteiger partial charge in [0.1, 0.15) is 11.2 Å². The van der Waals surface area contributed by atoms with Gasteiger partial charge in [-0.3, -0.25) is 18.7 Å². The van der Waals surface area contributed by atoms with Gasteiger partial charge < -0.3 is 14.8 Å². The Morgan fingerprint density at radius 2 is 1.90 bits per heavy atom. The highest BCUT2D eigenvalue weighted by Gasteiger charge is 2.18. The number of nitrogens with zero attached hydrogens (tertiary/aromatic N) is 2. The first-order valence-electron chi connectivity index (χ1n) is 9.53. The summed E-state index contributed by atoms with van der Waals surface area (Å²) in [7, 11) is 0. The number of hydrogen-bond donors (Lipinski definition) is 1. The molecule has 4 heterocycles. The number of aromatic nitrogens is 2. The molecule has 0 fully saturated rings. The molecule has 0 aliphatic carbocycles. The van der Waals surface area contributed by atoms with Crippen molar-refractivity contribution < 1.29 is 14.3 Å². The first-order chi connectivity index (χ1) is 15.1. The highest BCUT2D eigenvalue weighted by Crippen LogP contribution is 2.34. The molecule has 1 aromatic carbocycles. The molecule has 1 aliphatic heterocycles. The van der Waals surface area contributed by atoms with Crippen LogP contribution in [0.1, 0.15) is 4.88 Å². The molecule has 4 aromatic rings. The number of rotatable bonds is 6. The Morgan fingerprint density at radius 3 is 2.74 bits per heavy atom. The van der Waals surface area contributed by atoms with Crippen LogP contribution in [0.4, 0.5) is 5.69 Å². The number of carbonyl (C=O) groups excluding carboxylic acids is 1. The van der Waals surface area contributed by atoms with Gasteiger partial charge in [-0.05, 0) is 41.4 Å². The van der Waals surface area contributed by atoms with Gasteiger partial charge in [-0.15, -0.1) is 22.7 Å². The molecule has 3 aromatic heterocycles. The quantitative estimate of drug-likeness (QED) is 0.483. The van der Waals surface area contributed by atoms with Crippen LogP contribution >= 0.6 is 22.7 Å². The van der Waals surface area contributed by atoms with Crippen molar-refractivity contribution in [2.24, 2.45) is 0 Å². The fraction of sp³-hybridized carbons (Fsp3) is 0.190. The fourth-order valence-corrected chi connectivity index (χ4v) is 5.02. The summed E-state index contributed by atoms with van der Waals surface area (Å²) in [6.07, 6.45) is 0.576. The molecule has 0 saturated carbocycles. The van der Waals surface area contributed by atoms with Crippen molar-refractivity contribution in [2.75, 3.05) is 12.1 Å². The summed E-state index contributed by atoms with van der Waals surface area (Å²) in [5.74, 6) is 0.793. The molecular weight excluding hydrogens is 438 g/mol. The van der Waals surface area contributed by atoms with E-state index in [0.717, 1.165) is 4.88 Å². The Balaban J connectivity index is 1.43. The molecule has 0 unspecified atom stereocenters. The van der Waals surface area contributed by atoms with E-state index in [1.165, 1.54) is 20.5 Å². The SMILES string of the molecule is O=C(Cn1c(=O)n(CCc2cccs2)c(=O)c2sccc21)Nc1ccc2c(c1)OCO2. The Morgan fingerprint density at radius 1 is 1.03 bits per heavy atom. The van der Waals surface area contributed by atoms with Crippen LogP contribution in [0.2, 0.25) is 0 Å². The Labute approximate surface area is 183 Å². The van der Waals surface area contributed by atoms with Crippen molar-refractivity contribution in [2.45, 2.75) is 19.5 Å². The zero-order chi connectivity index (χ0) is 21.4. The van der Waals surface area contributed by atoms with Crippen LogP contribution in [-0.4, -0.2) is 21.8 Å². The van der Waals surface area contributed by atoms with Crippen LogP contribution in [0.25, 0.3) is 10.2 Å². The number of anilines is 1. The maximum Gasteiger partial charge on any atom is 0.332 e. The van der Waals surface area contributed by atoms with E-state index in [0.29, 0.717) is 33.8 Å². The molecule has 1 amide bonds. The van der Waals surface area contributed by atoms with Crippen LogP contribution in [0.3, 0.4) is 0 Å². The van der Waals surface area contributed by atoms with E-state index in [4.69, 9.17) is 9.47 Å². The maximum absolute atomic E-state index is 13.1. The number of amides is 1. The minimum Gasteiger partial charge on any atom is -0.454 e. The molecule has 31 heavy (non-hydrogen) atoms. The van der Waals surface area contributed by atoms with Crippen molar-refractivity contribution >= 4 is 44.5 Å². The lowest BCUT2D eigenvalue weighted by molar-refractivity contribution is -0.116. The van der Waals surface area contributed by atoms with Gasteiger partial charge in [-0.25, -0.2) is 4.79 Å². The van der Waals surface area contributed by atoms with E-state index in [2.05, 4.69) is 5.32 Å². The van der Waals surface area contributed by atoms with Crippen molar-refractivity contribution in [1.82, 2.24) is 9.13 Å². The van der Waals surface area contributed by atoms with E-state index < -0.39 is 5.69 Å². The third-order valence-electron chi connectivity index (χ3n) is 4.96. The van der Waals surface area contributed by atoms with Gasteiger partial charge in [0.15, 0.2) is 11.5 Å². The fourth-order valence-electron chi connectivity index (χ4n) is 3.48. The van der Waals surface area contributed by atoms with Gasteiger partial charge in [-0.2, -0.15) is 0 Å². The third-order valence-corrected chi connectivity index (χ3v) is 6.78. The summed E-state index contributed by atoms with van der Waals surface area (Å²) in [4.78, 5) is 39.8. The lowest BCUT2D eigenvalue weighted by atomic mass is 10.2. The number of fused-ring (bicyclic) bond motifs is 2. The first-order valence-corrected chi connectivity index (χ1v) is 11.3. The first kappa shape index (κ1) is 19.6. The average molecular weight is 456 g/mol. The number of aryl methyl sites for hydroxylation is 1.